The fourth-order valence-corrected chi connectivity index (χ4v) is 1.71. The molecule has 1 N–H and O–H groups in total. The molecule has 1 aromatic rings. The second kappa shape index (κ2) is 5.95. The molecule has 1 aromatic heterocycles. The molecule has 0 radical (unpaired) electrons. The van der Waals surface area contributed by atoms with E-state index in [1.807, 2.05) is 20.8 Å². The lowest BCUT2D eigenvalue weighted by Crippen LogP contribution is -2.21. The number of hydrogen-bond donors (Lipinski definition) is 1. The van der Waals surface area contributed by atoms with Crippen molar-refractivity contribution in [3.8, 4) is 0 Å². The first-order valence-electron chi connectivity index (χ1n) is 5.91. The highest BCUT2D eigenvalue weighted by Crippen LogP contribution is 2.33. The molecule has 0 aliphatic heterocycles. The number of rotatable bonds is 6. The lowest BCUT2D eigenvalue weighted by molar-refractivity contribution is -0.137. The van der Waals surface area contributed by atoms with Gasteiger partial charge in [0.1, 0.15) is 6.10 Å². The number of aromatic nitrogens is 2. The van der Waals surface area contributed by atoms with E-state index < -0.39 is 5.97 Å². The number of ether oxygens (including phenoxy) is 1. The number of carbonyl (C=O) groups is 1. The number of aryl methyl sites for hydroxylation is 1. The first-order chi connectivity index (χ1) is 8.34. The van der Waals surface area contributed by atoms with Crippen LogP contribution in [0, 0.1) is 5.41 Å². The number of carboxylic acids is 1. The molecule has 102 valence electrons. The molecule has 18 heavy (non-hydrogen) atoms. The summed E-state index contributed by atoms with van der Waals surface area (Å²) in [5.41, 5.74) is -0.128. The van der Waals surface area contributed by atoms with Gasteiger partial charge in [0, 0.05) is 20.0 Å². The third kappa shape index (κ3) is 4.10. The second-order valence-corrected chi connectivity index (χ2v) is 5.28. The largest absolute Gasteiger partial charge is 0.481 e. The summed E-state index contributed by atoms with van der Waals surface area (Å²) in [6, 6.07) is 0. The Labute approximate surface area is 106 Å². The van der Waals surface area contributed by atoms with Crippen molar-refractivity contribution >= 4 is 5.97 Å². The van der Waals surface area contributed by atoms with Gasteiger partial charge in [-0.1, -0.05) is 25.9 Å². The molecule has 0 fully saturated rings. The molecule has 0 aliphatic carbocycles. The number of carboxylic acid groups (broad SMARTS) is 1. The molecule has 1 unspecified atom stereocenters. The predicted octanol–water partition coefficient (Wildman–Crippen LogP) is 2.21. The first-order valence-corrected chi connectivity index (χ1v) is 5.91. The maximum Gasteiger partial charge on any atom is 0.303 e. The zero-order chi connectivity index (χ0) is 13.8. The average molecular weight is 256 g/mol. The van der Waals surface area contributed by atoms with Gasteiger partial charge >= 0.3 is 5.97 Å². The van der Waals surface area contributed by atoms with Crippen LogP contribution in [0.4, 0.5) is 0 Å². The monoisotopic (exact) mass is 256 g/mol. The van der Waals surface area contributed by atoms with Gasteiger partial charge < -0.3 is 14.4 Å². The summed E-state index contributed by atoms with van der Waals surface area (Å²) in [5, 5.41) is 12.4. The normalized spacial score (nSPS) is 13.6. The van der Waals surface area contributed by atoms with E-state index in [0.717, 1.165) is 0 Å². The second-order valence-electron chi connectivity index (χ2n) is 5.28. The quantitative estimate of drug-likeness (QED) is 0.839. The summed E-state index contributed by atoms with van der Waals surface area (Å²) in [5.74, 6) is 0.145. The number of nitrogens with zero attached hydrogens (tertiary/aromatic N) is 2. The molecule has 0 aromatic carbocycles. The highest BCUT2D eigenvalue weighted by Gasteiger charge is 2.30. The molecule has 6 nitrogen and oxygen atoms in total. The van der Waals surface area contributed by atoms with Crippen LogP contribution in [0.2, 0.25) is 0 Å². The summed E-state index contributed by atoms with van der Waals surface area (Å²) in [6.07, 6.45) is 0.823. The zero-order valence-electron chi connectivity index (χ0n) is 11.3. The van der Waals surface area contributed by atoms with Gasteiger partial charge in [-0.3, -0.25) is 4.79 Å². The van der Waals surface area contributed by atoms with Gasteiger partial charge in [-0.2, -0.15) is 4.98 Å². The van der Waals surface area contributed by atoms with Crippen molar-refractivity contribution in [2.75, 3.05) is 7.11 Å². The van der Waals surface area contributed by atoms with Crippen LogP contribution >= 0.6 is 0 Å². The van der Waals surface area contributed by atoms with Gasteiger partial charge in [0.15, 0.2) is 0 Å². The fourth-order valence-electron chi connectivity index (χ4n) is 1.71. The van der Waals surface area contributed by atoms with Gasteiger partial charge in [0.25, 0.3) is 0 Å². The Balaban J connectivity index is 2.64. The van der Waals surface area contributed by atoms with Crippen LogP contribution in [0.1, 0.15) is 51.4 Å². The van der Waals surface area contributed by atoms with Crippen LogP contribution in [0.15, 0.2) is 4.52 Å². The molecule has 1 atom stereocenters. The van der Waals surface area contributed by atoms with E-state index >= 15 is 0 Å². The fraction of sp³-hybridized carbons (Fsp3) is 0.750. The Morgan fingerprint density at radius 2 is 2.17 bits per heavy atom. The topological polar surface area (TPSA) is 85.5 Å². The zero-order valence-corrected chi connectivity index (χ0v) is 11.3. The van der Waals surface area contributed by atoms with E-state index in [9.17, 15) is 4.79 Å². The molecule has 0 spiro atoms. The van der Waals surface area contributed by atoms with Crippen molar-refractivity contribution in [2.24, 2.45) is 5.41 Å². The van der Waals surface area contributed by atoms with Gasteiger partial charge in [0.2, 0.25) is 11.7 Å². The summed E-state index contributed by atoms with van der Waals surface area (Å²) < 4.78 is 10.5. The molecular weight excluding hydrogens is 236 g/mol. The number of hydrogen-bond acceptors (Lipinski definition) is 5. The average Bonchev–Trinajstić information content (AvgIpc) is 2.64. The van der Waals surface area contributed by atoms with Crippen LogP contribution in [-0.4, -0.2) is 28.3 Å². The van der Waals surface area contributed by atoms with Crippen LogP contribution < -0.4 is 0 Å². The molecule has 1 heterocycles. The van der Waals surface area contributed by atoms with E-state index in [4.69, 9.17) is 14.4 Å². The van der Waals surface area contributed by atoms with Gasteiger partial charge in [-0.15, -0.1) is 0 Å². The molecule has 0 amide bonds. The SMILES string of the molecule is COC(c1noc(CCCC(=O)O)n1)C(C)(C)C. The Morgan fingerprint density at radius 3 is 2.67 bits per heavy atom. The van der Waals surface area contributed by atoms with E-state index in [1.165, 1.54) is 0 Å². The third-order valence-electron chi connectivity index (χ3n) is 2.52. The van der Waals surface area contributed by atoms with Crippen LogP contribution in [-0.2, 0) is 16.0 Å². The van der Waals surface area contributed by atoms with Crippen molar-refractivity contribution in [3.63, 3.8) is 0 Å². The van der Waals surface area contributed by atoms with E-state index in [-0.39, 0.29) is 17.9 Å². The summed E-state index contributed by atoms with van der Waals surface area (Å²) in [4.78, 5) is 14.6. The molecule has 0 aliphatic rings. The van der Waals surface area contributed by atoms with Crippen LogP contribution in [0.25, 0.3) is 0 Å². The molecule has 1 rings (SSSR count). The Kier molecular flexibility index (Phi) is 4.84. The van der Waals surface area contributed by atoms with Crippen molar-refractivity contribution in [3.05, 3.63) is 11.7 Å². The molecule has 0 saturated carbocycles. The number of methoxy groups -OCH3 is 1. The minimum absolute atomic E-state index is 0.102. The van der Waals surface area contributed by atoms with Crippen molar-refractivity contribution < 1.29 is 19.2 Å². The standard InChI is InChI=1S/C12H20N2O4/c1-12(2,3)10(17-4)11-13-8(18-14-11)6-5-7-9(15)16/h10H,5-7H2,1-4H3,(H,15,16). The maximum atomic E-state index is 10.4. The van der Waals surface area contributed by atoms with Crippen molar-refractivity contribution in [1.29, 1.82) is 0 Å². The Morgan fingerprint density at radius 1 is 1.50 bits per heavy atom. The molecule has 0 bridgehead atoms. The summed E-state index contributed by atoms with van der Waals surface area (Å²) in [7, 11) is 1.61. The number of aliphatic carboxylic acids is 1. The van der Waals surface area contributed by atoms with Crippen molar-refractivity contribution in [2.45, 2.75) is 46.1 Å². The maximum absolute atomic E-state index is 10.4. The Hall–Kier alpha value is -1.43. The smallest absolute Gasteiger partial charge is 0.303 e. The minimum atomic E-state index is -0.820. The van der Waals surface area contributed by atoms with Crippen LogP contribution in [0.5, 0.6) is 0 Å². The highest BCUT2D eigenvalue weighted by atomic mass is 16.5. The van der Waals surface area contributed by atoms with Gasteiger partial charge in [-0.25, -0.2) is 0 Å². The third-order valence-corrected chi connectivity index (χ3v) is 2.52. The lowest BCUT2D eigenvalue weighted by Gasteiger charge is -2.26. The van der Waals surface area contributed by atoms with Crippen molar-refractivity contribution in [1.82, 2.24) is 10.1 Å². The van der Waals surface area contributed by atoms with E-state index in [2.05, 4.69) is 10.1 Å². The first kappa shape index (κ1) is 14.6. The lowest BCUT2D eigenvalue weighted by atomic mass is 9.88. The Bertz CT molecular complexity index is 395. The summed E-state index contributed by atoms with van der Waals surface area (Å²) in [6.45, 7) is 6.09. The van der Waals surface area contributed by atoms with E-state index in [0.29, 0.717) is 24.6 Å². The molecular formula is C12H20N2O4. The van der Waals surface area contributed by atoms with Gasteiger partial charge in [-0.05, 0) is 11.8 Å². The van der Waals surface area contributed by atoms with Gasteiger partial charge in [0.05, 0.1) is 0 Å². The summed E-state index contributed by atoms with van der Waals surface area (Å²) >= 11 is 0. The minimum Gasteiger partial charge on any atom is -0.481 e. The van der Waals surface area contributed by atoms with E-state index in [1.54, 1.807) is 7.11 Å². The molecule has 6 heteroatoms. The molecule has 0 saturated heterocycles. The predicted molar refractivity (Wildman–Crippen MR) is 64.1 cm³/mol. The van der Waals surface area contributed by atoms with Crippen LogP contribution in [0.3, 0.4) is 0 Å². The highest BCUT2D eigenvalue weighted by molar-refractivity contribution is 5.66.